The smallest absolute Gasteiger partial charge is 0.303 e. The van der Waals surface area contributed by atoms with Crippen molar-refractivity contribution in [3.05, 3.63) is 214 Å². The molecule has 2 unspecified atom stereocenters. The summed E-state index contributed by atoms with van der Waals surface area (Å²) in [5, 5.41) is 10.9. The van der Waals surface area contributed by atoms with E-state index >= 15 is 0 Å². The maximum absolute atomic E-state index is 11.9. The molecule has 0 saturated carbocycles. The zero-order chi connectivity index (χ0) is 43.0. The molecule has 1 N–H and O–H groups in total. The summed E-state index contributed by atoms with van der Waals surface area (Å²) in [5.41, 5.74) is 16.7. The van der Waals surface area contributed by atoms with Gasteiger partial charge in [0.25, 0.3) is 0 Å². The Hall–Kier alpha value is -6.97. The first-order valence-electron chi connectivity index (χ1n) is 20.5. The molecule has 0 aliphatic heterocycles. The van der Waals surface area contributed by atoms with E-state index in [2.05, 4.69) is 98.3 Å². The van der Waals surface area contributed by atoms with E-state index in [0.717, 1.165) is 78.4 Å². The molecule has 2 atom stereocenters. The SMILES string of the molecule is CC(=O)OC(c1cccc(C)c1)c1cncn1Cc1cnc(-c2cccc(C)c2)c(C)c1.Cc1cccc(-c2ncc(Cn3cncc3C(O)c3cccc(C)c3)cc2C)c1. The fourth-order valence-corrected chi connectivity index (χ4v) is 7.70. The Labute approximate surface area is 358 Å². The predicted octanol–water partition coefficient (Wildman–Crippen LogP) is 10.6. The van der Waals surface area contributed by atoms with Gasteiger partial charge in [0.1, 0.15) is 6.10 Å². The van der Waals surface area contributed by atoms with E-state index in [1.54, 1.807) is 25.0 Å². The van der Waals surface area contributed by atoms with E-state index < -0.39 is 12.2 Å². The second-order valence-electron chi connectivity index (χ2n) is 15.9. The minimum absolute atomic E-state index is 0.329. The highest BCUT2D eigenvalue weighted by atomic mass is 16.5. The highest BCUT2D eigenvalue weighted by Gasteiger charge is 2.22. The van der Waals surface area contributed by atoms with E-state index in [1.807, 2.05) is 83.9 Å². The number of carbonyl (C=O) groups excluding carboxylic acids is 1. The van der Waals surface area contributed by atoms with Gasteiger partial charge in [0.05, 0.1) is 60.9 Å². The largest absolute Gasteiger partial charge is 0.451 e. The number of esters is 1. The van der Waals surface area contributed by atoms with Crippen molar-refractivity contribution >= 4 is 5.97 Å². The molecule has 4 aromatic heterocycles. The zero-order valence-corrected chi connectivity index (χ0v) is 35.9. The van der Waals surface area contributed by atoms with Gasteiger partial charge in [0.2, 0.25) is 0 Å². The number of rotatable bonds is 11. The first-order valence-corrected chi connectivity index (χ1v) is 20.5. The molecule has 9 nitrogen and oxygen atoms in total. The Morgan fingerprint density at radius 3 is 1.49 bits per heavy atom. The van der Waals surface area contributed by atoms with Crippen LogP contribution in [0.3, 0.4) is 0 Å². The summed E-state index contributed by atoms with van der Waals surface area (Å²) in [6, 6.07) is 37.0. The van der Waals surface area contributed by atoms with Crippen LogP contribution in [0.15, 0.2) is 147 Å². The fourth-order valence-electron chi connectivity index (χ4n) is 7.70. The third-order valence-corrected chi connectivity index (χ3v) is 10.6. The number of benzene rings is 4. The molecule has 8 rings (SSSR count). The molecule has 0 spiro atoms. The van der Waals surface area contributed by atoms with E-state index in [1.165, 1.54) is 18.1 Å². The molecule has 9 heteroatoms. The quantitative estimate of drug-likeness (QED) is 0.130. The van der Waals surface area contributed by atoms with Gasteiger partial charge in [-0.25, -0.2) is 9.97 Å². The van der Waals surface area contributed by atoms with E-state index in [0.29, 0.717) is 13.1 Å². The number of aryl methyl sites for hydroxylation is 6. The van der Waals surface area contributed by atoms with Crippen LogP contribution in [0.2, 0.25) is 0 Å². The van der Waals surface area contributed by atoms with Crippen LogP contribution >= 0.6 is 0 Å². The van der Waals surface area contributed by atoms with Crippen molar-refractivity contribution < 1.29 is 14.6 Å². The highest BCUT2D eigenvalue weighted by molar-refractivity contribution is 5.67. The van der Waals surface area contributed by atoms with Gasteiger partial charge in [-0.3, -0.25) is 14.8 Å². The monoisotopic (exact) mass is 808 g/mol. The Balaban J connectivity index is 0.000000185. The lowest BCUT2D eigenvalue weighted by Crippen LogP contribution is -2.15. The van der Waals surface area contributed by atoms with Gasteiger partial charge in [-0.2, -0.15) is 0 Å². The standard InChI is InChI=1S/C27H27N3O2.C25H25N3O/c1-18-7-5-9-23(11-18)26-20(3)13-22(14-29-26)16-30-17-28-15-25(30)27(32-21(4)31)24-10-6-8-19(2)12-24;1-17-6-4-8-21(10-17)24-19(3)12-20(13-27-24)15-28-16-26-14-23(28)25(29)22-9-5-7-18(2)11-22/h5-15,17,27H,16H2,1-4H3;4-14,16,25,29H,15H2,1-3H3. The van der Waals surface area contributed by atoms with Crippen LogP contribution in [0.1, 0.15) is 86.2 Å². The van der Waals surface area contributed by atoms with Gasteiger partial charge in [-0.1, -0.05) is 119 Å². The van der Waals surface area contributed by atoms with Crippen LogP contribution in [0.4, 0.5) is 0 Å². The molecule has 4 heterocycles. The number of ether oxygens (including phenoxy) is 1. The lowest BCUT2D eigenvalue weighted by molar-refractivity contribution is -0.145. The van der Waals surface area contributed by atoms with Gasteiger partial charge < -0.3 is 19.0 Å². The number of aliphatic hydroxyl groups is 1. The molecular weight excluding hydrogens is 757 g/mol. The number of aromatic nitrogens is 6. The van der Waals surface area contributed by atoms with Gasteiger partial charge in [-0.05, 0) is 87.1 Å². The molecule has 0 saturated heterocycles. The molecule has 0 radical (unpaired) electrons. The summed E-state index contributed by atoms with van der Waals surface area (Å²) in [7, 11) is 0. The summed E-state index contributed by atoms with van der Waals surface area (Å²) >= 11 is 0. The first-order chi connectivity index (χ1) is 29.4. The fraction of sp³-hybridized carbons (Fsp3) is 0.212. The van der Waals surface area contributed by atoms with Gasteiger partial charge >= 0.3 is 5.97 Å². The van der Waals surface area contributed by atoms with Crippen molar-refractivity contribution in [2.24, 2.45) is 0 Å². The molecule has 0 aliphatic rings. The molecule has 0 fully saturated rings. The summed E-state index contributed by atoms with van der Waals surface area (Å²) in [5.74, 6) is -0.329. The molecule has 308 valence electrons. The van der Waals surface area contributed by atoms with Crippen LogP contribution in [-0.2, 0) is 22.6 Å². The third-order valence-electron chi connectivity index (χ3n) is 10.6. The maximum atomic E-state index is 11.9. The molecule has 61 heavy (non-hydrogen) atoms. The number of hydrogen-bond acceptors (Lipinski definition) is 7. The summed E-state index contributed by atoms with van der Waals surface area (Å²) in [4.78, 5) is 29.9. The average molecular weight is 809 g/mol. The van der Waals surface area contributed by atoms with Crippen molar-refractivity contribution in [2.75, 3.05) is 0 Å². The van der Waals surface area contributed by atoms with Crippen LogP contribution in [-0.4, -0.2) is 40.1 Å². The number of aliphatic hydroxyl groups excluding tert-OH is 1. The molecular formula is C52H52N6O3. The maximum Gasteiger partial charge on any atom is 0.303 e. The molecule has 0 aliphatic carbocycles. The third kappa shape index (κ3) is 10.4. The van der Waals surface area contributed by atoms with E-state index in [4.69, 9.17) is 14.7 Å². The van der Waals surface area contributed by atoms with Crippen LogP contribution < -0.4 is 0 Å². The minimum atomic E-state index is -0.710. The normalized spacial score (nSPS) is 12.0. The van der Waals surface area contributed by atoms with Gasteiger partial charge in [-0.15, -0.1) is 0 Å². The van der Waals surface area contributed by atoms with Crippen molar-refractivity contribution in [1.82, 2.24) is 29.1 Å². The van der Waals surface area contributed by atoms with Crippen LogP contribution in [0, 0.1) is 41.5 Å². The number of nitrogens with zero attached hydrogens (tertiary/aromatic N) is 6. The molecule has 0 bridgehead atoms. The number of imidazole rings is 2. The average Bonchev–Trinajstić information content (AvgIpc) is 3.89. The van der Waals surface area contributed by atoms with E-state index in [9.17, 15) is 9.90 Å². The Kier molecular flexibility index (Phi) is 13.1. The second-order valence-corrected chi connectivity index (χ2v) is 15.9. The van der Waals surface area contributed by atoms with Crippen molar-refractivity contribution in [1.29, 1.82) is 0 Å². The number of carbonyl (C=O) groups is 1. The Bertz CT molecular complexity index is 2780. The topological polar surface area (TPSA) is 108 Å². The lowest BCUT2D eigenvalue weighted by atomic mass is 10.0. The first kappa shape index (κ1) is 42.2. The lowest BCUT2D eigenvalue weighted by Gasteiger charge is -2.20. The van der Waals surface area contributed by atoms with Crippen LogP contribution in [0.25, 0.3) is 22.5 Å². The van der Waals surface area contributed by atoms with Crippen LogP contribution in [0.5, 0.6) is 0 Å². The van der Waals surface area contributed by atoms with Crippen molar-refractivity contribution in [2.45, 2.75) is 73.8 Å². The zero-order valence-electron chi connectivity index (χ0n) is 35.9. The summed E-state index contributed by atoms with van der Waals surface area (Å²) in [6.07, 6.45) is 9.61. The predicted molar refractivity (Wildman–Crippen MR) is 241 cm³/mol. The van der Waals surface area contributed by atoms with E-state index in [-0.39, 0.29) is 5.97 Å². The summed E-state index contributed by atoms with van der Waals surface area (Å²) in [6.45, 7) is 15.0. The van der Waals surface area contributed by atoms with Gasteiger partial charge in [0.15, 0.2) is 6.10 Å². The van der Waals surface area contributed by atoms with Gasteiger partial charge in [0, 0.05) is 30.4 Å². The number of hydrogen-bond donors (Lipinski definition) is 1. The number of pyridine rings is 2. The van der Waals surface area contributed by atoms with Crippen molar-refractivity contribution in [3.8, 4) is 22.5 Å². The summed E-state index contributed by atoms with van der Waals surface area (Å²) < 4.78 is 9.71. The highest BCUT2D eigenvalue weighted by Crippen LogP contribution is 2.29. The Morgan fingerprint density at radius 2 is 1.02 bits per heavy atom. The Morgan fingerprint density at radius 1 is 0.574 bits per heavy atom. The van der Waals surface area contributed by atoms with Crippen molar-refractivity contribution in [3.63, 3.8) is 0 Å². The molecule has 4 aromatic carbocycles. The second kappa shape index (κ2) is 19.0. The molecule has 0 amide bonds. The minimum Gasteiger partial charge on any atom is -0.451 e. The molecule has 8 aromatic rings.